The summed E-state index contributed by atoms with van der Waals surface area (Å²) >= 11 is 0. The summed E-state index contributed by atoms with van der Waals surface area (Å²) < 4.78 is 26.4. The molecule has 0 N–H and O–H groups in total. The standard InChI is InChI=1S/C20H12F2N2/c21-15-9-5-13(6-10-15)19-17-3-1-2-4-18(17)23-20(24-19)14-7-11-16(22)12-8-14/h1-12H. The van der Waals surface area contributed by atoms with E-state index in [0.717, 1.165) is 27.7 Å². The molecule has 0 atom stereocenters. The normalized spacial score (nSPS) is 10.9. The summed E-state index contributed by atoms with van der Waals surface area (Å²) in [5, 5.41) is 0.884. The molecule has 0 aliphatic heterocycles. The van der Waals surface area contributed by atoms with E-state index in [1.165, 1.54) is 24.3 Å². The summed E-state index contributed by atoms with van der Waals surface area (Å²) in [6.45, 7) is 0. The molecule has 0 radical (unpaired) electrons. The van der Waals surface area contributed by atoms with E-state index >= 15 is 0 Å². The van der Waals surface area contributed by atoms with Crippen LogP contribution >= 0.6 is 0 Å². The summed E-state index contributed by atoms with van der Waals surface area (Å²) in [7, 11) is 0. The van der Waals surface area contributed by atoms with Crippen LogP contribution < -0.4 is 0 Å². The fourth-order valence-electron chi connectivity index (χ4n) is 2.63. The molecule has 3 aromatic carbocycles. The lowest BCUT2D eigenvalue weighted by atomic mass is 10.1. The van der Waals surface area contributed by atoms with Gasteiger partial charge in [-0.2, -0.15) is 0 Å². The highest BCUT2D eigenvalue weighted by Crippen LogP contribution is 2.29. The number of para-hydroxylation sites is 1. The van der Waals surface area contributed by atoms with E-state index in [2.05, 4.69) is 9.97 Å². The van der Waals surface area contributed by atoms with Crippen molar-refractivity contribution in [2.24, 2.45) is 0 Å². The predicted octanol–water partition coefficient (Wildman–Crippen LogP) is 5.24. The first kappa shape index (κ1) is 14.5. The van der Waals surface area contributed by atoms with Crippen LogP contribution in [0.3, 0.4) is 0 Å². The molecule has 0 spiro atoms. The molecule has 0 fully saturated rings. The summed E-state index contributed by atoms with van der Waals surface area (Å²) in [5.41, 5.74) is 3.04. The van der Waals surface area contributed by atoms with Gasteiger partial charge < -0.3 is 0 Å². The summed E-state index contributed by atoms with van der Waals surface area (Å²) in [6, 6.07) is 19.9. The van der Waals surface area contributed by atoms with Crippen molar-refractivity contribution in [1.82, 2.24) is 9.97 Å². The Bertz CT molecular complexity index is 1010. The number of hydrogen-bond donors (Lipinski definition) is 0. The van der Waals surface area contributed by atoms with Crippen LogP contribution in [0.25, 0.3) is 33.5 Å². The first-order valence-corrected chi connectivity index (χ1v) is 7.49. The molecule has 2 nitrogen and oxygen atoms in total. The molecule has 24 heavy (non-hydrogen) atoms. The molecule has 4 aromatic rings. The zero-order valence-corrected chi connectivity index (χ0v) is 12.6. The van der Waals surface area contributed by atoms with Gasteiger partial charge in [-0.3, -0.25) is 0 Å². The van der Waals surface area contributed by atoms with Gasteiger partial charge in [0, 0.05) is 16.5 Å². The minimum atomic E-state index is -0.307. The van der Waals surface area contributed by atoms with Crippen LogP contribution in [0.15, 0.2) is 72.8 Å². The third-order valence-corrected chi connectivity index (χ3v) is 3.82. The number of nitrogens with zero attached hydrogens (tertiary/aromatic N) is 2. The van der Waals surface area contributed by atoms with Gasteiger partial charge in [0.25, 0.3) is 0 Å². The van der Waals surface area contributed by atoms with Gasteiger partial charge in [-0.1, -0.05) is 18.2 Å². The second-order valence-electron chi connectivity index (χ2n) is 5.43. The molecular formula is C20H12F2N2. The second kappa shape index (κ2) is 5.81. The largest absolute Gasteiger partial charge is 0.228 e. The average molecular weight is 318 g/mol. The van der Waals surface area contributed by atoms with Crippen molar-refractivity contribution in [3.63, 3.8) is 0 Å². The summed E-state index contributed by atoms with van der Waals surface area (Å²) in [6.07, 6.45) is 0. The minimum Gasteiger partial charge on any atom is -0.228 e. The van der Waals surface area contributed by atoms with E-state index in [1.54, 1.807) is 24.3 Å². The highest BCUT2D eigenvalue weighted by atomic mass is 19.1. The first-order valence-electron chi connectivity index (χ1n) is 7.49. The second-order valence-corrected chi connectivity index (χ2v) is 5.43. The smallest absolute Gasteiger partial charge is 0.160 e. The van der Waals surface area contributed by atoms with Crippen molar-refractivity contribution in [3.05, 3.63) is 84.4 Å². The van der Waals surface area contributed by atoms with Gasteiger partial charge in [0.2, 0.25) is 0 Å². The van der Waals surface area contributed by atoms with Crippen molar-refractivity contribution in [3.8, 4) is 22.6 Å². The number of halogens is 2. The molecule has 116 valence electrons. The quantitative estimate of drug-likeness (QED) is 0.505. The van der Waals surface area contributed by atoms with Crippen LogP contribution in [0, 0.1) is 11.6 Å². The number of aromatic nitrogens is 2. The van der Waals surface area contributed by atoms with Crippen LogP contribution in [0.5, 0.6) is 0 Å². The average Bonchev–Trinajstić information content (AvgIpc) is 2.62. The molecule has 1 aromatic heterocycles. The molecule has 0 aliphatic rings. The van der Waals surface area contributed by atoms with Crippen molar-refractivity contribution < 1.29 is 8.78 Å². The van der Waals surface area contributed by atoms with Gasteiger partial charge >= 0.3 is 0 Å². The number of hydrogen-bond acceptors (Lipinski definition) is 2. The Labute approximate surface area is 137 Å². The molecule has 0 aliphatic carbocycles. The maximum atomic E-state index is 13.2. The van der Waals surface area contributed by atoms with E-state index in [4.69, 9.17) is 0 Å². The fraction of sp³-hybridized carbons (Fsp3) is 0. The Morgan fingerprint density at radius 1 is 0.583 bits per heavy atom. The molecule has 0 saturated heterocycles. The molecule has 0 bridgehead atoms. The van der Waals surface area contributed by atoms with Crippen LogP contribution in [-0.4, -0.2) is 9.97 Å². The Morgan fingerprint density at radius 3 is 1.83 bits per heavy atom. The van der Waals surface area contributed by atoms with Crippen molar-refractivity contribution in [2.75, 3.05) is 0 Å². The molecule has 4 heteroatoms. The lowest BCUT2D eigenvalue weighted by Gasteiger charge is -2.09. The van der Waals surface area contributed by atoms with Gasteiger partial charge in [-0.25, -0.2) is 18.7 Å². The maximum absolute atomic E-state index is 13.2. The van der Waals surface area contributed by atoms with Gasteiger partial charge in [-0.15, -0.1) is 0 Å². The van der Waals surface area contributed by atoms with E-state index < -0.39 is 0 Å². The van der Waals surface area contributed by atoms with Crippen LogP contribution in [0.4, 0.5) is 8.78 Å². The Hall–Kier alpha value is -3.14. The third kappa shape index (κ3) is 2.63. The van der Waals surface area contributed by atoms with Gasteiger partial charge in [0.15, 0.2) is 5.82 Å². The monoisotopic (exact) mass is 318 g/mol. The lowest BCUT2D eigenvalue weighted by Crippen LogP contribution is -1.95. The summed E-state index contributed by atoms with van der Waals surface area (Å²) in [4.78, 5) is 9.22. The number of rotatable bonds is 2. The van der Waals surface area contributed by atoms with Crippen molar-refractivity contribution in [1.29, 1.82) is 0 Å². The van der Waals surface area contributed by atoms with Gasteiger partial charge in [0.05, 0.1) is 11.2 Å². The molecule has 4 rings (SSSR count). The molecule has 0 amide bonds. The number of benzene rings is 3. The highest BCUT2D eigenvalue weighted by molar-refractivity contribution is 5.93. The third-order valence-electron chi connectivity index (χ3n) is 3.82. The van der Waals surface area contributed by atoms with Crippen LogP contribution in [-0.2, 0) is 0 Å². The molecule has 1 heterocycles. The SMILES string of the molecule is Fc1ccc(-c2nc(-c3ccc(F)cc3)c3ccccc3n2)cc1. The van der Waals surface area contributed by atoms with E-state index in [-0.39, 0.29) is 11.6 Å². The fourth-order valence-corrected chi connectivity index (χ4v) is 2.63. The first-order chi connectivity index (χ1) is 11.7. The van der Waals surface area contributed by atoms with Crippen molar-refractivity contribution in [2.45, 2.75) is 0 Å². The number of fused-ring (bicyclic) bond motifs is 1. The molecule has 0 unspecified atom stereocenters. The van der Waals surface area contributed by atoms with Crippen LogP contribution in [0.2, 0.25) is 0 Å². The predicted molar refractivity (Wildman–Crippen MR) is 90.3 cm³/mol. The lowest BCUT2D eigenvalue weighted by molar-refractivity contribution is 0.627. The molecular weight excluding hydrogens is 306 g/mol. The zero-order valence-electron chi connectivity index (χ0n) is 12.6. The van der Waals surface area contributed by atoms with Gasteiger partial charge in [-0.05, 0) is 54.6 Å². The zero-order chi connectivity index (χ0) is 16.5. The van der Waals surface area contributed by atoms with Gasteiger partial charge in [0.1, 0.15) is 11.6 Å². The highest BCUT2D eigenvalue weighted by Gasteiger charge is 2.11. The van der Waals surface area contributed by atoms with Crippen LogP contribution in [0.1, 0.15) is 0 Å². The molecule has 0 saturated carbocycles. The minimum absolute atomic E-state index is 0.295. The Kier molecular flexibility index (Phi) is 3.50. The van der Waals surface area contributed by atoms with E-state index in [0.29, 0.717) is 5.82 Å². The van der Waals surface area contributed by atoms with Crippen molar-refractivity contribution >= 4 is 10.9 Å². The maximum Gasteiger partial charge on any atom is 0.160 e. The summed E-state index contributed by atoms with van der Waals surface area (Å²) in [5.74, 6) is -0.0952. The topological polar surface area (TPSA) is 25.8 Å². The van der Waals surface area contributed by atoms with E-state index in [1.807, 2.05) is 24.3 Å². The van der Waals surface area contributed by atoms with E-state index in [9.17, 15) is 8.78 Å². The Balaban J connectivity index is 1.97. The Morgan fingerprint density at radius 2 is 1.17 bits per heavy atom.